The summed E-state index contributed by atoms with van der Waals surface area (Å²) in [5.74, 6) is 4.02. The Labute approximate surface area is 521 Å². The van der Waals surface area contributed by atoms with Crippen molar-refractivity contribution in [3.8, 4) is 102 Å². The molecule has 0 amide bonds. The van der Waals surface area contributed by atoms with E-state index in [1.165, 1.54) is 84.9 Å². The van der Waals surface area contributed by atoms with E-state index >= 15 is 0 Å². The highest BCUT2D eigenvalue weighted by atomic mass is 32.1. The third-order valence-electron chi connectivity index (χ3n) is 18.8. The van der Waals surface area contributed by atoms with Crippen LogP contribution in [0.3, 0.4) is 0 Å². The van der Waals surface area contributed by atoms with Gasteiger partial charge >= 0.3 is 0 Å². The minimum Gasteiger partial charge on any atom is -0.208 e. The maximum atomic E-state index is 5.19. The normalized spacial score (nSPS) is 15.3. The second kappa shape index (κ2) is 20.1. The molecular formula is C80H64N6S2. The van der Waals surface area contributed by atoms with Crippen molar-refractivity contribution in [2.75, 3.05) is 0 Å². The molecule has 16 rings (SSSR count). The van der Waals surface area contributed by atoms with Crippen LogP contribution in [0.5, 0.6) is 0 Å². The van der Waals surface area contributed by atoms with Crippen molar-refractivity contribution in [2.45, 2.75) is 89.9 Å². The van der Waals surface area contributed by atoms with Crippen LogP contribution < -0.4 is 0 Å². The maximum Gasteiger partial charge on any atom is 0.164 e. The molecule has 0 atom stereocenters. The second-order valence-corrected chi connectivity index (χ2v) is 29.0. The molecule has 0 fully saturated rings. The molecule has 88 heavy (non-hydrogen) atoms. The molecule has 10 aromatic carbocycles. The lowest BCUT2D eigenvalue weighted by atomic mass is 9.82. The molecule has 2 aliphatic rings. The number of nitrogens with zero attached hydrogens (tertiary/aromatic N) is 6. The Hall–Kier alpha value is -9.34. The first-order chi connectivity index (χ1) is 42.5. The molecule has 4 aromatic heterocycles. The van der Waals surface area contributed by atoms with Gasteiger partial charge < -0.3 is 0 Å². The molecule has 0 saturated carbocycles. The summed E-state index contributed by atoms with van der Waals surface area (Å²) in [6, 6.07) is 79.0. The Morgan fingerprint density at radius 1 is 0.250 bits per heavy atom. The van der Waals surface area contributed by atoms with Crippen molar-refractivity contribution >= 4 is 63.0 Å². The number of fused-ring (bicyclic) bond motifs is 8. The summed E-state index contributed by atoms with van der Waals surface area (Å²) >= 11 is 3.74. The van der Waals surface area contributed by atoms with Gasteiger partial charge in [-0.25, -0.2) is 29.9 Å². The predicted molar refractivity (Wildman–Crippen MR) is 369 cm³/mol. The van der Waals surface area contributed by atoms with Crippen LogP contribution in [-0.4, -0.2) is 29.9 Å². The van der Waals surface area contributed by atoms with Crippen molar-refractivity contribution in [3.05, 3.63) is 241 Å². The molecule has 0 bridgehead atoms. The first kappa shape index (κ1) is 54.1. The van der Waals surface area contributed by atoms with Gasteiger partial charge in [0.05, 0.1) is 0 Å². The molecule has 2 aliphatic carbocycles. The highest BCUT2D eigenvalue weighted by Crippen LogP contribution is 2.52. The highest BCUT2D eigenvalue weighted by molar-refractivity contribution is 7.26. The third kappa shape index (κ3) is 9.18. The summed E-state index contributed by atoms with van der Waals surface area (Å²) in [6.45, 7) is 18.8. The standard InChI is InChI=1S/C80H64N6S2/c1-77(2)45-79(5,6)65-43-55(33-37-63(65)77)75-83-71(49-17-11-9-12-18-49)81-73(85-75)51-29-25-47(26-30-51)53-35-39-67-61(41-53)59-24-16-22-58(70(59)88-67)54-36-40-68-62(42-54)60-23-15-21-57(69(60)87-68)48-27-31-52(32-28-48)74-82-72(50-19-13-10-14-20-50)84-76(86-74)56-34-38-64-66(44-56)80(7,8)46-78(64,3)4/h9-44H,45-46H2,1-8H3. The average molecular weight is 1170 g/mol. The molecule has 6 nitrogen and oxygen atoms in total. The lowest BCUT2D eigenvalue weighted by Crippen LogP contribution is -2.18. The Morgan fingerprint density at radius 3 is 1.02 bits per heavy atom. The number of hydrogen-bond acceptors (Lipinski definition) is 8. The van der Waals surface area contributed by atoms with E-state index in [2.05, 4.69) is 237 Å². The molecule has 426 valence electrons. The van der Waals surface area contributed by atoms with Crippen molar-refractivity contribution in [1.82, 2.24) is 29.9 Å². The van der Waals surface area contributed by atoms with Gasteiger partial charge in [-0.1, -0.05) is 237 Å². The Bertz CT molecular complexity index is 5130. The van der Waals surface area contributed by atoms with Gasteiger partial charge in [-0.05, 0) is 127 Å². The summed E-state index contributed by atoms with van der Waals surface area (Å²) in [5, 5.41) is 5.06. The number of hydrogen-bond donors (Lipinski definition) is 0. The SMILES string of the molecule is CC1(C)CC(C)(C)c2cc(-c3nc(-c4ccccc4)nc(-c4ccc(-c5ccc6sc7c(-c8ccc9sc%10c(-c%11ccc(-c%12nc(-c%13ccccc%13)nc(-c%13ccc%14c(c%13)C(C)(C)CC%14(C)C)n%12)cc%11)cccc%10c9c8)cccc7c6c5)cc4)n3)ccc21. The fourth-order valence-corrected chi connectivity index (χ4v) is 17.4. The van der Waals surface area contributed by atoms with Gasteiger partial charge in [0.2, 0.25) is 0 Å². The van der Waals surface area contributed by atoms with Crippen LogP contribution in [-0.2, 0) is 21.7 Å². The molecule has 4 heterocycles. The van der Waals surface area contributed by atoms with Crippen LogP contribution in [0.4, 0.5) is 0 Å². The Kier molecular flexibility index (Phi) is 12.4. The summed E-state index contributed by atoms with van der Waals surface area (Å²) < 4.78 is 5.11. The minimum absolute atomic E-state index is 0.0575. The highest BCUT2D eigenvalue weighted by Gasteiger charge is 2.43. The smallest absolute Gasteiger partial charge is 0.164 e. The van der Waals surface area contributed by atoms with Crippen LogP contribution in [0.25, 0.3) is 142 Å². The predicted octanol–water partition coefficient (Wildman–Crippen LogP) is 21.7. The zero-order valence-electron chi connectivity index (χ0n) is 50.7. The quantitative estimate of drug-likeness (QED) is 0.143. The third-order valence-corrected chi connectivity index (χ3v) is 21.2. The van der Waals surface area contributed by atoms with Crippen molar-refractivity contribution in [1.29, 1.82) is 0 Å². The lowest BCUT2D eigenvalue weighted by molar-refractivity contribution is 0.402. The molecule has 0 radical (unpaired) electrons. The fraction of sp³-hybridized carbons (Fsp3) is 0.175. The molecule has 0 saturated heterocycles. The maximum absolute atomic E-state index is 5.19. The molecule has 0 unspecified atom stereocenters. The van der Waals surface area contributed by atoms with Gasteiger partial charge in [0.25, 0.3) is 0 Å². The summed E-state index contributed by atoms with van der Waals surface area (Å²) in [6.07, 6.45) is 2.20. The van der Waals surface area contributed by atoms with E-state index in [0.717, 1.165) is 57.3 Å². The second-order valence-electron chi connectivity index (χ2n) is 26.9. The van der Waals surface area contributed by atoms with Crippen LogP contribution >= 0.6 is 22.7 Å². The van der Waals surface area contributed by atoms with E-state index < -0.39 is 0 Å². The summed E-state index contributed by atoms with van der Waals surface area (Å²) in [5.41, 5.74) is 18.9. The minimum atomic E-state index is 0.0575. The molecule has 0 N–H and O–H groups in total. The van der Waals surface area contributed by atoms with E-state index in [-0.39, 0.29) is 21.7 Å². The Morgan fingerprint density at radius 2 is 0.580 bits per heavy atom. The van der Waals surface area contributed by atoms with E-state index in [1.54, 1.807) is 0 Å². The number of rotatable bonds is 9. The molecule has 8 heteroatoms. The largest absolute Gasteiger partial charge is 0.208 e. The zero-order valence-corrected chi connectivity index (χ0v) is 52.3. The summed E-state index contributed by atoms with van der Waals surface area (Å²) in [7, 11) is 0. The van der Waals surface area contributed by atoms with Crippen LogP contribution in [0.1, 0.15) is 90.5 Å². The molecular weight excluding hydrogens is 1110 g/mol. The van der Waals surface area contributed by atoms with E-state index in [4.69, 9.17) is 29.9 Å². The van der Waals surface area contributed by atoms with Gasteiger partial charge in [-0.15, -0.1) is 22.7 Å². The van der Waals surface area contributed by atoms with Gasteiger partial charge in [0.15, 0.2) is 34.9 Å². The van der Waals surface area contributed by atoms with Crippen LogP contribution in [0.15, 0.2) is 218 Å². The van der Waals surface area contributed by atoms with E-state index in [1.807, 2.05) is 59.1 Å². The van der Waals surface area contributed by atoms with Gasteiger partial charge in [0.1, 0.15) is 0 Å². The van der Waals surface area contributed by atoms with Crippen molar-refractivity contribution < 1.29 is 0 Å². The molecule has 0 spiro atoms. The zero-order chi connectivity index (χ0) is 59.8. The number of thiophene rings is 2. The average Bonchev–Trinajstić information content (AvgIpc) is 1.94. The summed E-state index contributed by atoms with van der Waals surface area (Å²) in [4.78, 5) is 30.7. The van der Waals surface area contributed by atoms with E-state index in [9.17, 15) is 0 Å². The van der Waals surface area contributed by atoms with Crippen molar-refractivity contribution in [3.63, 3.8) is 0 Å². The van der Waals surface area contributed by atoms with Crippen LogP contribution in [0.2, 0.25) is 0 Å². The Balaban J connectivity index is 0.697. The lowest BCUT2D eigenvalue weighted by Gasteiger charge is -2.22. The van der Waals surface area contributed by atoms with Gasteiger partial charge in [-0.3, -0.25) is 0 Å². The monoisotopic (exact) mass is 1170 g/mol. The molecule has 0 aliphatic heterocycles. The van der Waals surface area contributed by atoms with Crippen LogP contribution in [0, 0.1) is 0 Å². The van der Waals surface area contributed by atoms with Gasteiger partial charge in [-0.2, -0.15) is 0 Å². The molecule has 14 aromatic rings. The fourth-order valence-electron chi connectivity index (χ4n) is 15.0. The first-order valence-electron chi connectivity index (χ1n) is 30.6. The van der Waals surface area contributed by atoms with Gasteiger partial charge in [0, 0.05) is 73.7 Å². The first-order valence-corrected chi connectivity index (χ1v) is 32.2. The van der Waals surface area contributed by atoms with E-state index in [0.29, 0.717) is 34.9 Å². The number of aromatic nitrogens is 6. The van der Waals surface area contributed by atoms with Crippen molar-refractivity contribution in [2.24, 2.45) is 0 Å². The number of benzene rings is 10. The topological polar surface area (TPSA) is 77.3 Å².